The number of likely N-dealkylation sites (N-methyl/N-ethyl adjacent to an activating group) is 1. The van der Waals surface area contributed by atoms with E-state index in [-0.39, 0.29) is 6.10 Å². The van der Waals surface area contributed by atoms with Gasteiger partial charge in [0.15, 0.2) is 0 Å². The van der Waals surface area contributed by atoms with Gasteiger partial charge in [-0.05, 0) is 40.0 Å². The molecule has 1 rings (SSSR count). The van der Waals surface area contributed by atoms with Crippen LogP contribution in [0.2, 0.25) is 0 Å². The fourth-order valence-corrected chi connectivity index (χ4v) is 1.74. The molecule has 0 aliphatic heterocycles. The Morgan fingerprint density at radius 3 is 2.72 bits per heavy atom. The molecule has 18 heavy (non-hydrogen) atoms. The molecular weight excluding hydrogens is 228 g/mol. The van der Waals surface area contributed by atoms with E-state index >= 15 is 0 Å². The Bertz CT molecular complexity index is 355. The molecule has 1 N–H and O–H groups in total. The lowest BCUT2D eigenvalue weighted by atomic mass is 10.3. The third kappa shape index (κ3) is 6.10. The zero-order valence-electron chi connectivity index (χ0n) is 11.8. The maximum absolute atomic E-state index is 9.81. The number of hydrogen-bond acceptors (Lipinski definition) is 4. The Hall–Kier alpha value is -0.970. The van der Waals surface area contributed by atoms with Crippen LogP contribution in [-0.4, -0.2) is 47.4 Å². The number of aliphatic hydroxyl groups is 1. The first-order chi connectivity index (χ1) is 8.47. The Kier molecular flexibility index (Phi) is 6.25. The molecule has 0 bridgehead atoms. The lowest BCUT2D eigenvalue weighted by molar-refractivity contribution is -0.00645. The van der Waals surface area contributed by atoms with Gasteiger partial charge in [-0.3, -0.25) is 9.88 Å². The lowest BCUT2D eigenvalue weighted by Gasteiger charge is -2.21. The Labute approximate surface area is 110 Å². The van der Waals surface area contributed by atoms with Crippen molar-refractivity contribution in [2.45, 2.75) is 39.5 Å². The predicted octanol–water partition coefficient (Wildman–Crippen LogP) is 1.61. The van der Waals surface area contributed by atoms with Gasteiger partial charge in [-0.15, -0.1) is 0 Å². The van der Waals surface area contributed by atoms with E-state index in [0.29, 0.717) is 13.2 Å². The zero-order valence-corrected chi connectivity index (χ0v) is 11.8. The van der Waals surface area contributed by atoms with Crippen molar-refractivity contribution in [3.8, 4) is 0 Å². The Balaban J connectivity index is 2.34. The molecule has 102 valence electrons. The summed E-state index contributed by atoms with van der Waals surface area (Å²) in [6, 6.07) is 5.99. The smallest absolute Gasteiger partial charge is 0.0900 e. The quantitative estimate of drug-likeness (QED) is 0.801. The first kappa shape index (κ1) is 15.1. The first-order valence-corrected chi connectivity index (χ1v) is 6.38. The first-order valence-electron chi connectivity index (χ1n) is 6.38. The van der Waals surface area contributed by atoms with Gasteiger partial charge in [0.1, 0.15) is 0 Å². The van der Waals surface area contributed by atoms with Gasteiger partial charge in [0.05, 0.1) is 24.5 Å². The van der Waals surface area contributed by atoms with Crippen molar-refractivity contribution in [1.29, 1.82) is 0 Å². The molecule has 0 spiro atoms. The third-order valence-electron chi connectivity index (χ3n) is 2.52. The zero-order chi connectivity index (χ0) is 13.5. The van der Waals surface area contributed by atoms with Gasteiger partial charge >= 0.3 is 0 Å². The summed E-state index contributed by atoms with van der Waals surface area (Å²) in [6.07, 6.45) is -0.300. The van der Waals surface area contributed by atoms with Crippen LogP contribution in [0.3, 0.4) is 0 Å². The van der Waals surface area contributed by atoms with E-state index < -0.39 is 6.10 Å². The second-order valence-electron chi connectivity index (χ2n) is 5.00. The molecule has 1 unspecified atom stereocenters. The number of nitrogens with zero attached hydrogens (tertiary/aromatic N) is 2. The van der Waals surface area contributed by atoms with Gasteiger partial charge in [-0.1, -0.05) is 6.07 Å². The minimum atomic E-state index is -0.456. The monoisotopic (exact) mass is 252 g/mol. The summed E-state index contributed by atoms with van der Waals surface area (Å²) in [5, 5.41) is 9.81. The number of aromatic nitrogens is 1. The number of pyridine rings is 1. The highest BCUT2D eigenvalue weighted by molar-refractivity contribution is 5.09. The summed E-state index contributed by atoms with van der Waals surface area (Å²) >= 11 is 0. The highest BCUT2D eigenvalue weighted by atomic mass is 16.5. The molecule has 0 fully saturated rings. The van der Waals surface area contributed by atoms with E-state index in [1.165, 1.54) is 0 Å². The van der Waals surface area contributed by atoms with Crippen LogP contribution in [0, 0.1) is 6.92 Å². The van der Waals surface area contributed by atoms with Gasteiger partial charge in [0.25, 0.3) is 0 Å². The highest BCUT2D eigenvalue weighted by Crippen LogP contribution is 2.03. The molecule has 1 atom stereocenters. The van der Waals surface area contributed by atoms with E-state index in [1.807, 2.05) is 46.0 Å². The van der Waals surface area contributed by atoms with Crippen LogP contribution < -0.4 is 0 Å². The molecule has 0 aliphatic carbocycles. The maximum Gasteiger partial charge on any atom is 0.0900 e. The number of aryl methyl sites for hydroxylation is 1. The van der Waals surface area contributed by atoms with Crippen LogP contribution in [-0.2, 0) is 11.3 Å². The van der Waals surface area contributed by atoms with Crippen LogP contribution in [0.25, 0.3) is 0 Å². The van der Waals surface area contributed by atoms with Crippen molar-refractivity contribution in [2.75, 3.05) is 20.2 Å². The second kappa shape index (κ2) is 7.46. The molecule has 4 heteroatoms. The normalized spacial score (nSPS) is 13.3. The predicted molar refractivity (Wildman–Crippen MR) is 72.4 cm³/mol. The molecule has 4 nitrogen and oxygen atoms in total. The van der Waals surface area contributed by atoms with E-state index in [2.05, 4.69) is 9.88 Å². The lowest BCUT2D eigenvalue weighted by Crippen LogP contribution is -2.32. The average Bonchev–Trinajstić information content (AvgIpc) is 2.26. The van der Waals surface area contributed by atoms with Crippen LogP contribution in [0.1, 0.15) is 25.2 Å². The van der Waals surface area contributed by atoms with Crippen LogP contribution in [0.15, 0.2) is 18.2 Å². The summed E-state index contributed by atoms with van der Waals surface area (Å²) in [6.45, 7) is 7.61. The number of rotatable bonds is 7. The number of ether oxygens (including phenoxy) is 1. The van der Waals surface area contributed by atoms with E-state index in [9.17, 15) is 5.11 Å². The van der Waals surface area contributed by atoms with Gasteiger partial charge in [-0.2, -0.15) is 0 Å². The van der Waals surface area contributed by atoms with Crippen molar-refractivity contribution in [3.05, 3.63) is 29.6 Å². The average molecular weight is 252 g/mol. The van der Waals surface area contributed by atoms with Gasteiger partial charge < -0.3 is 9.84 Å². The number of hydrogen-bond donors (Lipinski definition) is 1. The van der Waals surface area contributed by atoms with Crippen molar-refractivity contribution in [1.82, 2.24) is 9.88 Å². The summed E-state index contributed by atoms with van der Waals surface area (Å²) in [7, 11) is 1.97. The van der Waals surface area contributed by atoms with E-state index in [1.54, 1.807) is 0 Å². The van der Waals surface area contributed by atoms with Crippen molar-refractivity contribution in [3.63, 3.8) is 0 Å². The van der Waals surface area contributed by atoms with Crippen LogP contribution in [0.5, 0.6) is 0 Å². The molecule has 0 aromatic carbocycles. The second-order valence-corrected chi connectivity index (χ2v) is 5.00. The molecule has 0 saturated heterocycles. The Morgan fingerprint density at radius 2 is 2.11 bits per heavy atom. The fraction of sp³-hybridized carbons (Fsp3) is 0.643. The fourth-order valence-electron chi connectivity index (χ4n) is 1.74. The van der Waals surface area contributed by atoms with Crippen molar-refractivity contribution >= 4 is 0 Å². The topological polar surface area (TPSA) is 45.6 Å². The minimum absolute atomic E-state index is 0.156. The summed E-state index contributed by atoms with van der Waals surface area (Å²) < 4.78 is 5.38. The van der Waals surface area contributed by atoms with E-state index in [0.717, 1.165) is 17.9 Å². The SMILES string of the molecule is Cc1cccc(CN(C)CC(O)COC(C)C)n1. The van der Waals surface area contributed by atoms with Gasteiger partial charge in [0.2, 0.25) is 0 Å². The molecular formula is C14H24N2O2. The molecule has 0 amide bonds. The maximum atomic E-state index is 9.81. The molecule has 1 heterocycles. The van der Waals surface area contributed by atoms with Gasteiger partial charge in [-0.25, -0.2) is 0 Å². The summed E-state index contributed by atoms with van der Waals surface area (Å²) in [5.41, 5.74) is 2.04. The summed E-state index contributed by atoms with van der Waals surface area (Å²) in [5.74, 6) is 0. The van der Waals surface area contributed by atoms with Crippen LogP contribution in [0.4, 0.5) is 0 Å². The molecule has 0 saturated carbocycles. The standard InChI is InChI=1S/C14H24N2O2/c1-11(2)18-10-14(17)9-16(4)8-13-7-5-6-12(3)15-13/h5-7,11,14,17H,8-10H2,1-4H3. The molecule has 1 aromatic rings. The Morgan fingerprint density at radius 1 is 1.39 bits per heavy atom. The van der Waals surface area contributed by atoms with E-state index in [4.69, 9.17) is 4.74 Å². The summed E-state index contributed by atoms with van der Waals surface area (Å²) in [4.78, 5) is 6.49. The number of aliphatic hydroxyl groups excluding tert-OH is 1. The molecule has 1 aromatic heterocycles. The van der Waals surface area contributed by atoms with Crippen molar-refractivity contribution < 1.29 is 9.84 Å². The largest absolute Gasteiger partial charge is 0.389 e. The van der Waals surface area contributed by atoms with Crippen LogP contribution >= 0.6 is 0 Å². The van der Waals surface area contributed by atoms with Crippen molar-refractivity contribution in [2.24, 2.45) is 0 Å². The van der Waals surface area contributed by atoms with Gasteiger partial charge in [0, 0.05) is 18.8 Å². The molecule has 0 radical (unpaired) electrons. The highest BCUT2D eigenvalue weighted by Gasteiger charge is 2.10. The minimum Gasteiger partial charge on any atom is -0.389 e. The molecule has 0 aliphatic rings. The third-order valence-corrected chi connectivity index (χ3v) is 2.52.